The second-order valence-corrected chi connectivity index (χ2v) is 14.6. The molecule has 0 spiro atoms. The van der Waals surface area contributed by atoms with Crippen LogP contribution in [0.5, 0.6) is 0 Å². The van der Waals surface area contributed by atoms with Crippen molar-refractivity contribution in [2.24, 2.45) is 10.8 Å². The molecule has 0 N–H and O–H groups in total. The lowest BCUT2D eigenvalue weighted by Crippen LogP contribution is -2.33. The van der Waals surface area contributed by atoms with E-state index in [-0.39, 0.29) is 22.5 Å². The summed E-state index contributed by atoms with van der Waals surface area (Å²) in [6, 6.07) is 24.2. The number of carbonyl (C=O) groups excluding carboxylic acids is 1. The van der Waals surface area contributed by atoms with Crippen molar-refractivity contribution in [2.75, 3.05) is 22.9 Å². The average Bonchev–Trinajstić information content (AvgIpc) is 3.04. The summed E-state index contributed by atoms with van der Waals surface area (Å²) in [7, 11) is 0. The number of rotatable bonds is 10. The fourth-order valence-corrected chi connectivity index (χ4v) is 5.01. The van der Waals surface area contributed by atoms with Crippen molar-refractivity contribution in [1.82, 2.24) is 19.9 Å². The van der Waals surface area contributed by atoms with Gasteiger partial charge in [0, 0.05) is 42.1 Å². The molecule has 0 fully saturated rings. The summed E-state index contributed by atoms with van der Waals surface area (Å²) in [6.07, 6.45) is 7.27. The fraction of sp³-hybridized carbons (Fsp3) is 0.324. The molecule has 2 heterocycles. The van der Waals surface area contributed by atoms with Gasteiger partial charge in [-0.15, -0.1) is 0 Å². The smallest absolute Gasteiger partial charge is 0.234 e. The number of benzene rings is 2. The maximum Gasteiger partial charge on any atom is 0.234 e. The van der Waals surface area contributed by atoms with Gasteiger partial charge in [0.05, 0.1) is 0 Å². The van der Waals surface area contributed by atoms with Crippen molar-refractivity contribution in [3.8, 4) is 12.1 Å². The van der Waals surface area contributed by atoms with Gasteiger partial charge in [0.1, 0.15) is 30.1 Å². The van der Waals surface area contributed by atoms with Gasteiger partial charge >= 0.3 is 0 Å². The number of hydrogen-bond acceptors (Lipinski definition) is 9. The van der Waals surface area contributed by atoms with Crippen LogP contribution in [0.15, 0.2) is 79.1 Å². The SMILES string of the molecule is CC(C)(C)CN(Cc1ccc(/C=C/C=O)cc1)c1ccnc(C#N)n1.CC(C)(C)CN(Cc1ccc(I)cc1)c1ccnc(C#N)n1. The van der Waals surface area contributed by atoms with Crippen molar-refractivity contribution in [2.45, 2.75) is 54.6 Å². The minimum atomic E-state index is 0.0738. The predicted octanol–water partition coefficient (Wildman–Crippen LogP) is 7.62. The highest BCUT2D eigenvalue weighted by atomic mass is 127. The van der Waals surface area contributed by atoms with Crippen LogP contribution in [-0.4, -0.2) is 39.3 Å². The highest BCUT2D eigenvalue weighted by Crippen LogP contribution is 2.24. The molecule has 0 bridgehead atoms. The third kappa shape index (κ3) is 13.3. The van der Waals surface area contributed by atoms with Crippen molar-refractivity contribution in [3.05, 3.63) is 111 Å². The number of nitrogens with zero attached hydrogens (tertiary/aromatic N) is 8. The largest absolute Gasteiger partial charge is 0.352 e. The van der Waals surface area contributed by atoms with Crippen molar-refractivity contribution >= 4 is 46.6 Å². The summed E-state index contributed by atoms with van der Waals surface area (Å²) < 4.78 is 1.22. The van der Waals surface area contributed by atoms with Gasteiger partial charge in [-0.2, -0.15) is 10.5 Å². The molecule has 0 saturated heterocycles. The maximum atomic E-state index is 10.4. The normalized spacial score (nSPS) is 11.2. The Bertz CT molecular complexity index is 1710. The zero-order chi connectivity index (χ0) is 34.5. The molecule has 10 heteroatoms. The van der Waals surface area contributed by atoms with Crippen molar-refractivity contribution in [1.29, 1.82) is 10.5 Å². The molecular weight excluding hydrogens is 699 g/mol. The molecule has 2 aromatic heterocycles. The third-order valence-corrected chi connectivity index (χ3v) is 7.19. The first-order chi connectivity index (χ1) is 22.3. The highest BCUT2D eigenvalue weighted by molar-refractivity contribution is 14.1. The third-order valence-electron chi connectivity index (χ3n) is 6.47. The second-order valence-electron chi connectivity index (χ2n) is 13.4. The molecule has 0 unspecified atom stereocenters. The van der Waals surface area contributed by atoms with Gasteiger partial charge in [0.15, 0.2) is 0 Å². The molecule has 242 valence electrons. The Balaban J connectivity index is 0.000000257. The molecule has 0 aliphatic rings. The summed E-state index contributed by atoms with van der Waals surface area (Å²) in [6.45, 7) is 16.2. The van der Waals surface area contributed by atoms with Crippen LogP contribution in [0.3, 0.4) is 0 Å². The van der Waals surface area contributed by atoms with Crippen molar-refractivity contribution < 1.29 is 4.79 Å². The summed E-state index contributed by atoms with van der Waals surface area (Å²) >= 11 is 2.30. The molecule has 0 saturated carbocycles. The summed E-state index contributed by atoms with van der Waals surface area (Å²) in [5, 5.41) is 18.0. The lowest BCUT2D eigenvalue weighted by Gasteiger charge is -2.31. The van der Waals surface area contributed by atoms with Crippen LogP contribution in [0.1, 0.15) is 69.9 Å². The Hall–Kier alpha value is -4.68. The Morgan fingerprint density at radius 3 is 1.51 bits per heavy atom. The lowest BCUT2D eigenvalue weighted by molar-refractivity contribution is -0.104. The molecule has 0 radical (unpaired) electrons. The van der Waals surface area contributed by atoms with Gasteiger partial charge in [0.25, 0.3) is 0 Å². The van der Waals surface area contributed by atoms with E-state index in [0.29, 0.717) is 6.54 Å². The number of halogens is 1. The van der Waals surface area contributed by atoms with Crippen LogP contribution in [0.4, 0.5) is 11.6 Å². The summed E-state index contributed by atoms with van der Waals surface area (Å²) in [4.78, 5) is 31.3. The number of hydrogen-bond donors (Lipinski definition) is 0. The number of nitriles is 2. The van der Waals surface area contributed by atoms with E-state index in [4.69, 9.17) is 10.5 Å². The van der Waals surface area contributed by atoms with Crippen LogP contribution in [0.2, 0.25) is 0 Å². The van der Waals surface area contributed by atoms with Crippen molar-refractivity contribution in [3.63, 3.8) is 0 Å². The number of aldehydes is 1. The van der Waals surface area contributed by atoms with Gasteiger partial charge in [-0.1, -0.05) is 84.0 Å². The molecule has 4 rings (SSSR count). The maximum absolute atomic E-state index is 10.4. The molecule has 47 heavy (non-hydrogen) atoms. The van der Waals surface area contributed by atoms with Gasteiger partial charge < -0.3 is 9.80 Å². The van der Waals surface area contributed by atoms with Crippen LogP contribution in [-0.2, 0) is 17.9 Å². The minimum Gasteiger partial charge on any atom is -0.352 e. The second kappa shape index (κ2) is 17.3. The first-order valence-corrected chi connectivity index (χ1v) is 16.3. The lowest BCUT2D eigenvalue weighted by atomic mass is 9.95. The zero-order valence-electron chi connectivity index (χ0n) is 27.9. The van der Waals surface area contributed by atoms with E-state index in [1.807, 2.05) is 48.5 Å². The number of allylic oxidation sites excluding steroid dienone is 1. The Morgan fingerprint density at radius 1 is 0.702 bits per heavy atom. The van der Waals surface area contributed by atoms with E-state index in [9.17, 15) is 4.79 Å². The molecule has 0 aliphatic heterocycles. The molecule has 0 atom stereocenters. The van der Waals surface area contributed by atoms with Crippen LogP contribution >= 0.6 is 22.6 Å². The quantitative estimate of drug-likeness (QED) is 0.0918. The Kier molecular flexibility index (Phi) is 13.5. The number of carbonyl (C=O) groups is 1. The predicted molar refractivity (Wildman–Crippen MR) is 195 cm³/mol. The number of anilines is 2. The van der Waals surface area contributed by atoms with E-state index < -0.39 is 0 Å². The molecular formula is C37H41IN8O. The highest BCUT2D eigenvalue weighted by Gasteiger charge is 2.20. The molecule has 0 amide bonds. The average molecular weight is 741 g/mol. The van der Waals surface area contributed by atoms with Gasteiger partial charge in [-0.3, -0.25) is 4.79 Å². The molecule has 4 aromatic rings. The molecule has 0 aliphatic carbocycles. The standard InChI is InChI=1S/C20H22N4O.C17H19IN4/c1-20(2,3)15-24(19-10-11-22-18(13-21)23-19)14-17-8-6-16(7-9-17)5-4-12-25;1-17(2,3)12-22(11-13-4-6-14(18)7-5-13)16-8-9-20-15(10-19)21-16/h4-12H,14-15H2,1-3H3;4-9H,11-12H2,1-3H3/b5-4+;. The van der Waals surface area contributed by atoms with E-state index in [1.165, 1.54) is 15.2 Å². The van der Waals surface area contributed by atoms with E-state index in [2.05, 4.69) is 118 Å². The van der Waals surface area contributed by atoms with Crippen LogP contribution < -0.4 is 9.80 Å². The molecule has 9 nitrogen and oxygen atoms in total. The topological polar surface area (TPSA) is 123 Å². The van der Waals surface area contributed by atoms with Gasteiger partial charge in [-0.25, -0.2) is 19.9 Å². The zero-order valence-corrected chi connectivity index (χ0v) is 30.0. The van der Waals surface area contributed by atoms with E-state index >= 15 is 0 Å². The first kappa shape index (κ1) is 36.8. The van der Waals surface area contributed by atoms with E-state index in [0.717, 1.165) is 48.7 Å². The van der Waals surface area contributed by atoms with Crippen LogP contribution in [0.25, 0.3) is 6.08 Å². The first-order valence-electron chi connectivity index (χ1n) is 15.2. The Labute approximate surface area is 292 Å². The summed E-state index contributed by atoms with van der Waals surface area (Å²) in [5.74, 6) is 1.91. The van der Waals surface area contributed by atoms with E-state index in [1.54, 1.807) is 18.5 Å². The Morgan fingerprint density at radius 2 is 1.13 bits per heavy atom. The summed E-state index contributed by atoms with van der Waals surface area (Å²) in [5.41, 5.74) is 3.53. The van der Waals surface area contributed by atoms with Gasteiger partial charge in [0.2, 0.25) is 11.6 Å². The number of aromatic nitrogens is 4. The monoisotopic (exact) mass is 740 g/mol. The van der Waals surface area contributed by atoms with Crippen LogP contribution in [0, 0.1) is 37.1 Å². The fourth-order valence-electron chi connectivity index (χ4n) is 4.65. The molecule has 2 aromatic carbocycles. The van der Waals surface area contributed by atoms with Gasteiger partial charge in [-0.05, 0) is 80.5 Å². The minimum absolute atomic E-state index is 0.0738.